The van der Waals surface area contributed by atoms with Crippen LogP contribution in [0.25, 0.3) is 0 Å². The van der Waals surface area contributed by atoms with Crippen molar-refractivity contribution in [2.75, 3.05) is 18.1 Å². The van der Waals surface area contributed by atoms with E-state index in [9.17, 15) is 26.3 Å². The third-order valence-electron chi connectivity index (χ3n) is 3.78. The number of rotatable bonds is 7. The monoisotopic (exact) mass is 407 g/mol. The van der Waals surface area contributed by atoms with Gasteiger partial charge in [-0.25, -0.2) is 4.98 Å². The fourth-order valence-electron chi connectivity index (χ4n) is 2.62. The van der Waals surface area contributed by atoms with Crippen LogP contribution in [0.5, 0.6) is 5.88 Å². The summed E-state index contributed by atoms with van der Waals surface area (Å²) < 4.78 is 81.0. The standard InChI is InChI=1S/C18H19F6N3O/c1-3-7-12-8-5-6-9-14(12)27(4-2)16-25-10-13(18(22,23)24)15(26-16)28-11-17(19,20)21/h5-6,8-10H,3-4,7,11H2,1-2H3. The van der Waals surface area contributed by atoms with Crippen molar-refractivity contribution in [2.24, 2.45) is 0 Å². The van der Waals surface area contributed by atoms with Crippen LogP contribution in [0.3, 0.4) is 0 Å². The maximum absolute atomic E-state index is 13.1. The Morgan fingerprint density at radius 3 is 2.29 bits per heavy atom. The minimum absolute atomic E-state index is 0.170. The molecule has 0 aliphatic heterocycles. The van der Waals surface area contributed by atoms with E-state index >= 15 is 0 Å². The molecule has 1 aromatic carbocycles. The normalized spacial score (nSPS) is 12.1. The molecule has 0 amide bonds. The average Bonchev–Trinajstić information content (AvgIpc) is 2.61. The van der Waals surface area contributed by atoms with Gasteiger partial charge in [-0.1, -0.05) is 31.5 Å². The van der Waals surface area contributed by atoms with Gasteiger partial charge >= 0.3 is 12.4 Å². The van der Waals surface area contributed by atoms with Crippen molar-refractivity contribution in [3.63, 3.8) is 0 Å². The first-order valence-corrected chi connectivity index (χ1v) is 8.56. The molecule has 0 aliphatic carbocycles. The highest BCUT2D eigenvalue weighted by Crippen LogP contribution is 2.37. The van der Waals surface area contributed by atoms with Gasteiger partial charge in [0.05, 0.1) is 0 Å². The number of ether oxygens (including phenoxy) is 1. The molecular weight excluding hydrogens is 388 g/mol. The smallest absolute Gasteiger partial charge is 0.423 e. The molecule has 0 aliphatic rings. The van der Waals surface area contributed by atoms with Crippen molar-refractivity contribution in [3.8, 4) is 5.88 Å². The second-order valence-electron chi connectivity index (χ2n) is 5.91. The van der Waals surface area contributed by atoms with E-state index in [1.165, 1.54) is 4.90 Å². The molecule has 0 atom stereocenters. The molecule has 0 spiro atoms. The Labute approximate surface area is 158 Å². The maximum Gasteiger partial charge on any atom is 0.423 e. The Hall–Kier alpha value is -2.52. The number of benzene rings is 1. The summed E-state index contributed by atoms with van der Waals surface area (Å²) in [7, 11) is 0. The van der Waals surface area contributed by atoms with Crippen LogP contribution in [0.15, 0.2) is 30.5 Å². The van der Waals surface area contributed by atoms with E-state index in [4.69, 9.17) is 0 Å². The number of aryl methyl sites for hydroxylation is 1. The van der Waals surface area contributed by atoms with Crippen molar-refractivity contribution >= 4 is 11.6 Å². The molecule has 0 N–H and O–H groups in total. The van der Waals surface area contributed by atoms with Gasteiger partial charge < -0.3 is 9.64 Å². The summed E-state index contributed by atoms with van der Waals surface area (Å²) in [6.45, 7) is 2.13. The van der Waals surface area contributed by atoms with Gasteiger partial charge in [0, 0.05) is 18.4 Å². The van der Waals surface area contributed by atoms with Gasteiger partial charge in [-0.05, 0) is 25.0 Å². The number of hydrogen-bond donors (Lipinski definition) is 0. The van der Waals surface area contributed by atoms with Crippen LogP contribution in [-0.2, 0) is 12.6 Å². The Morgan fingerprint density at radius 2 is 1.71 bits per heavy atom. The van der Waals surface area contributed by atoms with Gasteiger partial charge in [0.2, 0.25) is 11.8 Å². The van der Waals surface area contributed by atoms with Gasteiger partial charge in [0.1, 0.15) is 5.56 Å². The van der Waals surface area contributed by atoms with Gasteiger partial charge in [-0.2, -0.15) is 31.3 Å². The van der Waals surface area contributed by atoms with Crippen molar-refractivity contribution in [3.05, 3.63) is 41.6 Å². The summed E-state index contributed by atoms with van der Waals surface area (Å²) in [5, 5.41) is 0. The Bertz CT molecular complexity index is 792. The van der Waals surface area contributed by atoms with E-state index in [1.807, 2.05) is 19.1 Å². The molecule has 154 valence electrons. The fourth-order valence-corrected chi connectivity index (χ4v) is 2.62. The number of para-hydroxylation sites is 1. The second kappa shape index (κ2) is 8.66. The summed E-state index contributed by atoms with van der Waals surface area (Å²) in [6.07, 6.45) is -7.75. The summed E-state index contributed by atoms with van der Waals surface area (Å²) in [5.74, 6) is -1.32. The zero-order valence-electron chi connectivity index (χ0n) is 15.2. The van der Waals surface area contributed by atoms with Crippen molar-refractivity contribution in [2.45, 2.75) is 39.0 Å². The van der Waals surface area contributed by atoms with Crippen LogP contribution in [0, 0.1) is 0 Å². The number of aromatic nitrogens is 2. The first-order valence-electron chi connectivity index (χ1n) is 8.56. The Morgan fingerprint density at radius 1 is 1.04 bits per heavy atom. The SMILES string of the molecule is CCCc1ccccc1N(CC)c1ncc(C(F)(F)F)c(OCC(F)(F)F)n1. The number of alkyl halides is 6. The van der Waals surface area contributed by atoms with E-state index < -0.39 is 30.4 Å². The molecule has 2 rings (SSSR count). The molecule has 1 aromatic heterocycles. The van der Waals surface area contributed by atoms with E-state index in [0.29, 0.717) is 24.8 Å². The van der Waals surface area contributed by atoms with Crippen LogP contribution in [0.2, 0.25) is 0 Å². The Balaban J connectivity index is 2.49. The zero-order chi connectivity index (χ0) is 20.9. The van der Waals surface area contributed by atoms with Gasteiger partial charge in [-0.3, -0.25) is 0 Å². The maximum atomic E-state index is 13.1. The number of hydrogen-bond acceptors (Lipinski definition) is 4. The van der Waals surface area contributed by atoms with Gasteiger partial charge in [0.25, 0.3) is 0 Å². The molecule has 0 unspecified atom stereocenters. The molecule has 28 heavy (non-hydrogen) atoms. The largest absolute Gasteiger partial charge is 0.467 e. The van der Waals surface area contributed by atoms with E-state index in [-0.39, 0.29) is 5.95 Å². The van der Waals surface area contributed by atoms with Crippen LogP contribution in [-0.4, -0.2) is 29.3 Å². The molecule has 0 bridgehead atoms. The van der Waals surface area contributed by atoms with Crippen LogP contribution < -0.4 is 9.64 Å². The van der Waals surface area contributed by atoms with Crippen LogP contribution in [0.4, 0.5) is 38.0 Å². The topological polar surface area (TPSA) is 38.2 Å². The zero-order valence-corrected chi connectivity index (χ0v) is 15.2. The van der Waals surface area contributed by atoms with Gasteiger partial charge in [0.15, 0.2) is 6.61 Å². The molecule has 0 saturated carbocycles. The summed E-state index contributed by atoms with van der Waals surface area (Å²) in [6, 6.07) is 7.20. The lowest BCUT2D eigenvalue weighted by Crippen LogP contribution is -2.24. The first-order chi connectivity index (χ1) is 13.1. The number of anilines is 2. The highest BCUT2D eigenvalue weighted by atomic mass is 19.4. The first kappa shape index (κ1) is 21.8. The molecule has 2 aromatic rings. The molecular formula is C18H19F6N3O. The summed E-state index contributed by atoms with van der Waals surface area (Å²) in [4.78, 5) is 8.93. The van der Waals surface area contributed by atoms with Gasteiger partial charge in [-0.15, -0.1) is 0 Å². The van der Waals surface area contributed by atoms with E-state index in [1.54, 1.807) is 19.1 Å². The van der Waals surface area contributed by atoms with Crippen molar-refractivity contribution in [1.82, 2.24) is 9.97 Å². The summed E-state index contributed by atoms with van der Waals surface area (Å²) in [5.41, 5.74) is 0.139. The highest BCUT2D eigenvalue weighted by Gasteiger charge is 2.38. The lowest BCUT2D eigenvalue weighted by atomic mass is 10.1. The molecule has 0 fully saturated rings. The molecule has 0 saturated heterocycles. The minimum atomic E-state index is -4.95. The quantitative estimate of drug-likeness (QED) is 0.565. The molecule has 4 nitrogen and oxygen atoms in total. The molecule has 1 heterocycles. The van der Waals surface area contributed by atoms with Crippen molar-refractivity contribution < 1.29 is 31.1 Å². The highest BCUT2D eigenvalue weighted by molar-refractivity contribution is 5.62. The fraction of sp³-hybridized carbons (Fsp3) is 0.444. The molecule has 0 radical (unpaired) electrons. The number of nitrogens with zero attached hydrogens (tertiary/aromatic N) is 3. The van der Waals surface area contributed by atoms with Crippen LogP contribution in [0.1, 0.15) is 31.4 Å². The third kappa shape index (κ3) is 5.49. The van der Waals surface area contributed by atoms with E-state index in [2.05, 4.69) is 14.7 Å². The van der Waals surface area contributed by atoms with Crippen molar-refractivity contribution in [1.29, 1.82) is 0 Å². The Kier molecular flexibility index (Phi) is 6.73. The van der Waals surface area contributed by atoms with E-state index in [0.717, 1.165) is 12.0 Å². The minimum Gasteiger partial charge on any atom is -0.467 e. The molecule has 10 heteroatoms. The third-order valence-corrected chi connectivity index (χ3v) is 3.78. The predicted octanol–water partition coefficient (Wildman–Crippen LogP) is 5.55. The second-order valence-corrected chi connectivity index (χ2v) is 5.91. The summed E-state index contributed by atoms with van der Waals surface area (Å²) >= 11 is 0. The lowest BCUT2D eigenvalue weighted by Gasteiger charge is -2.25. The lowest BCUT2D eigenvalue weighted by molar-refractivity contribution is -0.159. The average molecular weight is 407 g/mol. The number of halogens is 6. The van der Waals surface area contributed by atoms with Crippen LogP contribution >= 0.6 is 0 Å². The predicted molar refractivity (Wildman–Crippen MR) is 91.7 cm³/mol.